The van der Waals surface area contributed by atoms with Crippen LogP contribution in [0.3, 0.4) is 0 Å². The Labute approximate surface area is 84.0 Å². The molecule has 2 heteroatoms. The normalized spacial score (nSPS) is 11.4. The average Bonchev–Trinajstić information content (AvgIpc) is 2.19. The SMILES string of the molecule is CC(=CCOc1ccccc1)CCl. The third-order valence-corrected chi connectivity index (χ3v) is 2.06. The van der Waals surface area contributed by atoms with Crippen molar-refractivity contribution in [1.29, 1.82) is 0 Å². The molecule has 0 N–H and O–H groups in total. The maximum Gasteiger partial charge on any atom is 0.119 e. The van der Waals surface area contributed by atoms with Crippen LogP contribution in [0.1, 0.15) is 6.92 Å². The molecule has 70 valence electrons. The molecule has 13 heavy (non-hydrogen) atoms. The van der Waals surface area contributed by atoms with Crippen molar-refractivity contribution in [2.24, 2.45) is 0 Å². The van der Waals surface area contributed by atoms with Gasteiger partial charge in [0.2, 0.25) is 0 Å². The molecule has 0 spiro atoms. The number of hydrogen-bond acceptors (Lipinski definition) is 1. The van der Waals surface area contributed by atoms with Crippen LogP contribution in [0.2, 0.25) is 0 Å². The zero-order valence-corrected chi connectivity index (χ0v) is 8.42. The summed E-state index contributed by atoms with van der Waals surface area (Å²) in [6, 6.07) is 9.74. The first-order valence-corrected chi connectivity index (χ1v) is 4.76. The third-order valence-electron chi connectivity index (χ3n) is 1.64. The van der Waals surface area contributed by atoms with Gasteiger partial charge in [0, 0.05) is 5.88 Å². The van der Waals surface area contributed by atoms with Crippen LogP contribution >= 0.6 is 11.6 Å². The van der Waals surface area contributed by atoms with Crippen LogP contribution in [-0.4, -0.2) is 12.5 Å². The molecule has 1 nitrogen and oxygen atoms in total. The van der Waals surface area contributed by atoms with Crippen molar-refractivity contribution in [3.8, 4) is 5.75 Å². The van der Waals surface area contributed by atoms with Crippen LogP contribution in [0.15, 0.2) is 42.0 Å². The van der Waals surface area contributed by atoms with Gasteiger partial charge in [0.15, 0.2) is 0 Å². The van der Waals surface area contributed by atoms with Gasteiger partial charge in [0.1, 0.15) is 12.4 Å². The highest BCUT2D eigenvalue weighted by Gasteiger charge is 1.89. The van der Waals surface area contributed by atoms with Crippen LogP contribution in [0, 0.1) is 0 Å². The highest BCUT2D eigenvalue weighted by molar-refractivity contribution is 6.19. The molecule has 0 amide bonds. The summed E-state index contributed by atoms with van der Waals surface area (Å²) in [4.78, 5) is 0. The zero-order chi connectivity index (χ0) is 9.52. The van der Waals surface area contributed by atoms with Gasteiger partial charge in [0.25, 0.3) is 0 Å². The lowest BCUT2D eigenvalue weighted by molar-refractivity contribution is 0.362. The van der Waals surface area contributed by atoms with E-state index in [4.69, 9.17) is 16.3 Å². The third kappa shape index (κ3) is 4.00. The molecule has 0 aliphatic carbocycles. The van der Waals surface area contributed by atoms with Gasteiger partial charge in [-0.3, -0.25) is 0 Å². The number of para-hydroxylation sites is 1. The van der Waals surface area contributed by atoms with E-state index in [1.54, 1.807) is 0 Å². The molecule has 1 rings (SSSR count). The molecule has 0 atom stereocenters. The van der Waals surface area contributed by atoms with E-state index in [9.17, 15) is 0 Å². The van der Waals surface area contributed by atoms with Gasteiger partial charge in [-0.15, -0.1) is 11.6 Å². The van der Waals surface area contributed by atoms with E-state index < -0.39 is 0 Å². The number of alkyl halides is 1. The summed E-state index contributed by atoms with van der Waals surface area (Å²) in [5.41, 5.74) is 1.14. The van der Waals surface area contributed by atoms with Gasteiger partial charge in [-0.2, -0.15) is 0 Å². The van der Waals surface area contributed by atoms with Gasteiger partial charge in [-0.1, -0.05) is 23.8 Å². The van der Waals surface area contributed by atoms with Crippen molar-refractivity contribution in [3.05, 3.63) is 42.0 Å². The lowest BCUT2D eigenvalue weighted by atomic mass is 10.3. The maximum atomic E-state index is 5.61. The fraction of sp³-hybridized carbons (Fsp3) is 0.273. The topological polar surface area (TPSA) is 9.23 Å². The summed E-state index contributed by atoms with van der Waals surface area (Å²) in [7, 11) is 0. The predicted molar refractivity (Wildman–Crippen MR) is 56.4 cm³/mol. The van der Waals surface area contributed by atoms with Crippen LogP contribution < -0.4 is 4.74 Å². The summed E-state index contributed by atoms with van der Waals surface area (Å²) < 4.78 is 5.44. The molecule has 0 unspecified atom stereocenters. The number of allylic oxidation sites excluding steroid dienone is 1. The molecular weight excluding hydrogens is 184 g/mol. The minimum absolute atomic E-state index is 0.568. The summed E-state index contributed by atoms with van der Waals surface area (Å²) in [5.74, 6) is 1.46. The van der Waals surface area contributed by atoms with Crippen molar-refractivity contribution in [3.63, 3.8) is 0 Å². The first kappa shape index (κ1) is 10.1. The van der Waals surface area contributed by atoms with Crippen LogP contribution in [-0.2, 0) is 0 Å². The Morgan fingerprint density at radius 2 is 2.08 bits per heavy atom. The monoisotopic (exact) mass is 196 g/mol. The van der Waals surface area contributed by atoms with Crippen molar-refractivity contribution in [2.75, 3.05) is 12.5 Å². The van der Waals surface area contributed by atoms with E-state index in [2.05, 4.69) is 0 Å². The Morgan fingerprint density at radius 1 is 1.38 bits per heavy atom. The summed E-state index contributed by atoms with van der Waals surface area (Å²) in [5, 5.41) is 0. The Kier molecular flexibility index (Phi) is 4.41. The Bertz CT molecular complexity index is 267. The number of ether oxygens (including phenoxy) is 1. The molecule has 0 radical (unpaired) electrons. The molecule has 0 fully saturated rings. The number of halogens is 1. The molecule has 0 saturated heterocycles. The fourth-order valence-corrected chi connectivity index (χ4v) is 0.961. The van der Waals surface area contributed by atoms with Crippen LogP contribution in [0.25, 0.3) is 0 Å². The molecule has 1 aromatic rings. The average molecular weight is 197 g/mol. The minimum atomic E-state index is 0.568. The van der Waals surface area contributed by atoms with Gasteiger partial charge < -0.3 is 4.74 Å². The highest BCUT2D eigenvalue weighted by atomic mass is 35.5. The Hall–Kier alpha value is -0.950. The summed E-state index contributed by atoms with van der Waals surface area (Å²) >= 11 is 5.61. The molecule has 0 bridgehead atoms. The molecule has 0 aliphatic heterocycles. The van der Waals surface area contributed by atoms with Gasteiger partial charge in [0.05, 0.1) is 0 Å². The second-order valence-corrected chi connectivity index (χ2v) is 3.08. The zero-order valence-electron chi connectivity index (χ0n) is 7.66. The number of benzene rings is 1. The van der Waals surface area contributed by atoms with E-state index in [-0.39, 0.29) is 0 Å². The lowest BCUT2D eigenvalue weighted by Crippen LogP contribution is -1.94. The smallest absolute Gasteiger partial charge is 0.119 e. The first-order valence-electron chi connectivity index (χ1n) is 4.22. The van der Waals surface area contributed by atoms with E-state index in [0.717, 1.165) is 11.3 Å². The molecule has 0 aromatic heterocycles. The van der Waals surface area contributed by atoms with E-state index in [1.165, 1.54) is 0 Å². The molecule has 0 saturated carbocycles. The summed E-state index contributed by atoms with van der Waals surface area (Å²) in [6.45, 7) is 2.57. The van der Waals surface area contributed by atoms with Gasteiger partial charge >= 0.3 is 0 Å². The lowest BCUT2D eigenvalue weighted by Gasteiger charge is -2.02. The standard InChI is InChI=1S/C11H13ClO/c1-10(9-12)7-8-13-11-5-3-2-4-6-11/h2-7H,8-9H2,1H3. The molecular formula is C11H13ClO. The summed E-state index contributed by atoms with van der Waals surface area (Å²) in [6.07, 6.45) is 1.99. The second kappa shape index (κ2) is 5.65. The van der Waals surface area contributed by atoms with Crippen molar-refractivity contribution in [1.82, 2.24) is 0 Å². The van der Waals surface area contributed by atoms with Crippen molar-refractivity contribution >= 4 is 11.6 Å². The van der Waals surface area contributed by atoms with Crippen LogP contribution in [0.5, 0.6) is 5.75 Å². The highest BCUT2D eigenvalue weighted by Crippen LogP contribution is 2.08. The fourth-order valence-electron chi connectivity index (χ4n) is 0.851. The Morgan fingerprint density at radius 3 is 2.69 bits per heavy atom. The van der Waals surface area contributed by atoms with Crippen LogP contribution in [0.4, 0.5) is 0 Å². The number of hydrogen-bond donors (Lipinski definition) is 0. The largest absolute Gasteiger partial charge is 0.490 e. The van der Waals surface area contributed by atoms with Crippen molar-refractivity contribution in [2.45, 2.75) is 6.92 Å². The quantitative estimate of drug-likeness (QED) is 0.531. The van der Waals surface area contributed by atoms with Crippen molar-refractivity contribution < 1.29 is 4.74 Å². The van der Waals surface area contributed by atoms with Gasteiger partial charge in [-0.05, 0) is 25.1 Å². The van der Waals surface area contributed by atoms with E-state index >= 15 is 0 Å². The van der Waals surface area contributed by atoms with Gasteiger partial charge in [-0.25, -0.2) is 0 Å². The molecule has 1 aromatic carbocycles. The first-order chi connectivity index (χ1) is 6.33. The number of rotatable bonds is 4. The Balaban J connectivity index is 2.36. The molecule has 0 aliphatic rings. The van der Waals surface area contributed by atoms with E-state index in [1.807, 2.05) is 43.3 Å². The predicted octanol–water partition coefficient (Wildman–Crippen LogP) is 3.25. The van der Waals surface area contributed by atoms with E-state index in [0.29, 0.717) is 12.5 Å². The molecule has 0 heterocycles. The second-order valence-electron chi connectivity index (χ2n) is 2.81. The maximum absolute atomic E-state index is 5.61. The minimum Gasteiger partial charge on any atom is -0.490 e.